The summed E-state index contributed by atoms with van der Waals surface area (Å²) < 4.78 is 19.6. The fraction of sp³-hybridized carbons (Fsp3) is 1.00. The smallest absolute Gasteiger partial charge is 0.311 e. The van der Waals surface area contributed by atoms with Gasteiger partial charge in [0.15, 0.2) is 34.7 Å². The molecule has 0 rings (SSSR count). The Kier molecular flexibility index (Phi) is 22.3. The zero-order chi connectivity index (χ0) is 6.41. The molecule has 0 saturated carbocycles. The number of rotatable bonds is 4. The normalized spacial score (nSPS) is 8.30. The quantitative estimate of drug-likeness (QED) is 0.433. The zero-order valence-electron chi connectivity index (χ0n) is 5.14. The van der Waals surface area contributed by atoms with E-state index in [4.69, 9.17) is 0 Å². The molecule has 3 nitrogen and oxygen atoms in total. The molecule has 0 heterocycles. The maximum atomic E-state index is 10.4. The summed E-state index contributed by atoms with van der Waals surface area (Å²) in [6.07, 6.45) is 0. The molecule has 10 heavy (non-hydrogen) atoms. The van der Waals surface area contributed by atoms with Crippen molar-refractivity contribution < 1.29 is 13.6 Å². The maximum Gasteiger partial charge on any atom is 0.319 e. The van der Waals surface area contributed by atoms with Crippen molar-refractivity contribution in [1.29, 1.82) is 0 Å². The van der Waals surface area contributed by atoms with E-state index in [0.717, 1.165) is 0 Å². The van der Waals surface area contributed by atoms with E-state index in [1.54, 1.807) is 13.8 Å². The van der Waals surface area contributed by atoms with E-state index in [-0.39, 0.29) is 34.7 Å². The fourth-order valence-corrected chi connectivity index (χ4v) is 0.832. The van der Waals surface area contributed by atoms with Crippen LogP contribution in [0.3, 0.4) is 0 Å². The molecule has 0 spiro atoms. The Hall–Kier alpha value is 1.21. The molecule has 0 radical (unpaired) electrons. The summed E-state index contributed by atoms with van der Waals surface area (Å²) in [6, 6.07) is 0. The highest BCUT2D eigenvalue weighted by atomic mass is 31.1. The molecule has 0 fully saturated rings. The molecule has 0 aliphatic rings. The highest BCUT2D eigenvalue weighted by Crippen LogP contribution is 2.21. The molecule has 0 amide bonds. The summed E-state index contributed by atoms with van der Waals surface area (Å²) in [5.41, 5.74) is 0. The monoisotopic (exact) mass is 198 g/mol. The lowest BCUT2D eigenvalue weighted by Gasteiger charge is -1.97. The van der Waals surface area contributed by atoms with Crippen LogP contribution < -0.4 is 0 Å². The Bertz CT molecular complexity index is 72.9. The van der Waals surface area contributed by atoms with Gasteiger partial charge in [-0.25, -0.2) is 0 Å². The van der Waals surface area contributed by atoms with Crippen LogP contribution in [0.25, 0.3) is 0 Å². The molecule has 0 unspecified atom stereocenters. The molecule has 0 aliphatic carbocycles. The Labute approximate surface area is 83.7 Å². The second-order valence-electron chi connectivity index (χ2n) is 1.12. The molecule has 0 aromatic heterocycles. The number of hydrogen-bond acceptors (Lipinski definition) is 3. The Balaban J connectivity index is -0.000000245. The summed E-state index contributed by atoms with van der Waals surface area (Å²) in [4.78, 5) is 0. The van der Waals surface area contributed by atoms with Gasteiger partial charge >= 0.3 is 8.25 Å². The van der Waals surface area contributed by atoms with E-state index < -0.39 is 8.25 Å². The molecular formula is C4H17Al2O3P. The first-order valence-corrected chi connectivity index (χ1v) is 3.83. The average Bonchev–Trinajstić information content (AvgIpc) is 1.68. The van der Waals surface area contributed by atoms with E-state index in [2.05, 4.69) is 9.05 Å². The van der Waals surface area contributed by atoms with Crippen LogP contribution in [0.15, 0.2) is 0 Å². The second-order valence-corrected chi connectivity index (χ2v) is 2.19. The summed E-state index contributed by atoms with van der Waals surface area (Å²) in [5.74, 6) is 0. The van der Waals surface area contributed by atoms with Gasteiger partial charge in [0.2, 0.25) is 0 Å². The van der Waals surface area contributed by atoms with E-state index >= 15 is 0 Å². The van der Waals surface area contributed by atoms with Crippen LogP contribution in [0, 0.1) is 0 Å². The Morgan fingerprint density at radius 1 is 1.10 bits per heavy atom. The molecule has 0 aromatic carbocycles. The van der Waals surface area contributed by atoms with Gasteiger partial charge in [-0.3, -0.25) is 4.57 Å². The van der Waals surface area contributed by atoms with Gasteiger partial charge in [-0.15, -0.1) is 0 Å². The molecular weight excluding hydrogens is 181 g/mol. The topological polar surface area (TPSA) is 35.5 Å². The van der Waals surface area contributed by atoms with Crippen molar-refractivity contribution in [3.63, 3.8) is 0 Å². The standard InChI is InChI=1S/C4H11O3P.2Al.6H/c1-3-6-8(5)7-4-2;;;;;;;;/h8H,3-4H2,1-2H3;;;;;;;;. The van der Waals surface area contributed by atoms with Gasteiger partial charge < -0.3 is 9.05 Å². The number of hydrogen-bond donors (Lipinski definition) is 0. The zero-order valence-corrected chi connectivity index (χ0v) is 6.14. The van der Waals surface area contributed by atoms with Gasteiger partial charge in [-0.1, -0.05) is 0 Å². The van der Waals surface area contributed by atoms with Crippen LogP contribution in [0.1, 0.15) is 13.8 Å². The molecule has 0 saturated heterocycles. The minimum atomic E-state index is -2.14. The first-order chi connectivity index (χ1) is 3.81. The van der Waals surface area contributed by atoms with E-state index in [1.165, 1.54) is 0 Å². The molecule has 6 heteroatoms. The summed E-state index contributed by atoms with van der Waals surface area (Å²) in [5, 5.41) is 0. The molecule has 0 aliphatic heterocycles. The van der Waals surface area contributed by atoms with E-state index in [0.29, 0.717) is 13.2 Å². The third kappa shape index (κ3) is 11.9. The lowest BCUT2D eigenvalue weighted by Crippen LogP contribution is -1.81. The van der Waals surface area contributed by atoms with Crippen molar-refractivity contribution in [3.8, 4) is 0 Å². The van der Waals surface area contributed by atoms with Crippen molar-refractivity contribution in [2.45, 2.75) is 13.8 Å². The van der Waals surface area contributed by atoms with Gasteiger partial charge in [0.25, 0.3) is 0 Å². The third-order valence-electron chi connectivity index (χ3n) is 0.524. The lowest BCUT2D eigenvalue weighted by atomic mass is 10.9. The van der Waals surface area contributed by atoms with Crippen LogP contribution >= 0.6 is 8.25 Å². The maximum absolute atomic E-state index is 10.4. The summed E-state index contributed by atoms with van der Waals surface area (Å²) in [7, 11) is -2.14. The molecule has 0 N–H and O–H groups in total. The Morgan fingerprint density at radius 2 is 1.40 bits per heavy atom. The predicted octanol–water partition coefficient (Wildman–Crippen LogP) is -0.919. The third-order valence-corrected chi connectivity index (χ3v) is 1.57. The van der Waals surface area contributed by atoms with Crippen molar-refractivity contribution in [2.24, 2.45) is 0 Å². The van der Waals surface area contributed by atoms with Crippen LogP contribution in [0.4, 0.5) is 0 Å². The second kappa shape index (κ2) is 12.9. The van der Waals surface area contributed by atoms with Gasteiger partial charge in [0.1, 0.15) is 0 Å². The molecule has 0 atom stereocenters. The van der Waals surface area contributed by atoms with Crippen LogP contribution in [-0.2, 0) is 13.6 Å². The highest BCUT2D eigenvalue weighted by Gasteiger charge is 1.91. The summed E-state index contributed by atoms with van der Waals surface area (Å²) >= 11 is 0. The minimum Gasteiger partial charge on any atom is -0.311 e. The molecule has 0 bridgehead atoms. The first kappa shape index (κ1) is 17.3. The van der Waals surface area contributed by atoms with Gasteiger partial charge in [0.05, 0.1) is 13.2 Å². The van der Waals surface area contributed by atoms with Crippen molar-refractivity contribution in [3.05, 3.63) is 0 Å². The highest BCUT2D eigenvalue weighted by molar-refractivity contribution is 7.33. The van der Waals surface area contributed by atoms with E-state index in [9.17, 15) is 4.57 Å². The van der Waals surface area contributed by atoms with Gasteiger partial charge in [-0.05, 0) is 13.8 Å². The van der Waals surface area contributed by atoms with Crippen LogP contribution in [-0.4, -0.2) is 47.9 Å². The Morgan fingerprint density at radius 3 is 1.60 bits per heavy atom. The van der Waals surface area contributed by atoms with Crippen LogP contribution in [0.2, 0.25) is 0 Å². The van der Waals surface area contributed by atoms with E-state index in [1.807, 2.05) is 0 Å². The lowest BCUT2D eigenvalue weighted by molar-refractivity contribution is 0.243. The fourth-order valence-electron chi connectivity index (χ4n) is 0.277. The SMILES string of the molecule is CCO[PH](=O)OCC.[AlH3].[AlH3]. The van der Waals surface area contributed by atoms with Gasteiger partial charge in [0, 0.05) is 0 Å². The largest absolute Gasteiger partial charge is 0.319 e. The predicted molar refractivity (Wildman–Crippen MR) is 52.1 cm³/mol. The minimum absolute atomic E-state index is 0. The average molecular weight is 198 g/mol. The summed E-state index contributed by atoms with van der Waals surface area (Å²) in [6.45, 7) is 4.47. The van der Waals surface area contributed by atoms with Gasteiger partial charge in [-0.2, -0.15) is 0 Å². The van der Waals surface area contributed by atoms with Crippen molar-refractivity contribution in [1.82, 2.24) is 0 Å². The van der Waals surface area contributed by atoms with Crippen LogP contribution in [0.5, 0.6) is 0 Å². The first-order valence-electron chi connectivity index (χ1n) is 2.60. The molecule has 0 aromatic rings. The molecule has 62 valence electrons. The van der Waals surface area contributed by atoms with Crippen molar-refractivity contribution in [2.75, 3.05) is 13.2 Å². The van der Waals surface area contributed by atoms with Crippen molar-refractivity contribution >= 4 is 43.0 Å².